The zero-order valence-electron chi connectivity index (χ0n) is 15.3. The second kappa shape index (κ2) is 9.36. The molecule has 142 valence electrons. The molecule has 3 N–H and O–H groups in total. The highest BCUT2D eigenvalue weighted by molar-refractivity contribution is 5.87. The van der Waals surface area contributed by atoms with E-state index in [0.29, 0.717) is 18.8 Å². The van der Waals surface area contributed by atoms with E-state index >= 15 is 0 Å². The van der Waals surface area contributed by atoms with E-state index in [4.69, 9.17) is 0 Å². The van der Waals surface area contributed by atoms with E-state index in [9.17, 15) is 19.5 Å². The molecule has 0 spiro atoms. The minimum Gasteiger partial charge on any atom is -0.480 e. The molecule has 0 radical (unpaired) electrons. The van der Waals surface area contributed by atoms with Gasteiger partial charge in [-0.05, 0) is 37.2 Å². The zero-order valence-corrected chi connectivity index (χ0v) is 15.3. The van der Waals surface area contributed by atoms with Crippen LogP contribution in [0.15, 0.2) is 30.3 Å². The first-order chi connectivity index (χ1) is 12.4. The number of nitrogens with one attached hydrogen (secondary N) is 2. The summed E-state index contributed by atoms with van der Waals surface area (Å²) >= 11 is 0. The standard InChI is InChI=1S/C20H28N2O4/c1-2-15-8-11-20(12-9-15,19(25)26)22-17(23)10-13-21-18(24)14-16-6-4-3-5-7-16/h3-7,15H,2,8-14H2,1H3,(H,21,24)(H,22,23)(H,25,26). The van der Waals surface area contributed by atoms with E-state index in [1.54, 1.807) is 0 Å². The molecule has 0 aromatic heterocycles. The van der Waals surface area contributed by atoms with Crippen molar-refractivity contribution in [3.8, 4) is 0 Å². The topological polar surface area (TPSA) is 95.5 Å². The highest BCUT2D eigenvalue weighted by atomic mass is 16.4. The molecule has 26 heavy (non-hydrogen) atoms. The summed E-state index contributed by atoms with van der Waals surface area (Å²) < 4.78 is 0. The number of benzene rings is 1. The van der Waals surface area contributed by atoms with Crippen LogP contribution >= 0.6 is 0 Å². The number of carboxylic acids is 1. The van der Waals surface area contributed by atoms with Gasteiger partial charge >= 0.3 is 5.97 Å². The van der Waals surface area contributed by atoms with Gasteiger partial charge in [-0.15, -0.1) is 0 Å². The Morgan fingerprint density at radius 1 is 1.12 bits per heavy atom. The Balaban J connectivity index is 1.76. The molecule has 0 heterocycles. The SMILES string of the molecule is CCC1CCC(NC(=O)CCNC(=O)Cc2ccccc2)(C(=O)O)CC1. The molecule has 0 saturated heterocycles. The molecule has 1 aliphatic rings. The minimum atomic E-state index is -1.16. The molecule has 6 nitrogen and oxygen atoms in total. The van der Waals surface area contributed by atoms with E-state index in [0.717, 1.165) is 24.8 Å². The molecular formula is C20H28N2O4. The lowest BCUT2D eigenvalue weighted by molar-refractivity contribution is -0.149. The predicted molar refractivity (Wildman–Crippen MR) is 98.5 cm³/mol. The fourth-order valence-electron chi connectivity index (χ4n) is 3.46. The maximum Gasteiger partial charge on any atom is 0.329 e. The van der Waals surface area contributed by atoms with Crippen molar-refractivity contribution in [2.45, 2.75) is 57.4 Å². The Bertz CT molecular complexity index is 622. The number of carboxylic acid groups (broad SMARTS) is 1. The number of carbonyl (C=O) groups is 3. The van der Waals surface area contributed by atoms with Crippen molar-refractivity contribution in [2.75, 3.05) is 6.54 Å². The van der Waals surface area contributed by atoms with Crippen LogP contribution in [-0.2, 0) is 20.8 Å². The number of hydrogen-bond acceptors (Lipinski definition) is 3. The number of hydrogen-bond donors (Lipinski definition) is 3. The molecule has 1 fully saturated rings. The summed E-state index contributed by atoms with van der Waals surface area (Å²) in [5.74, 6) is -0.909. The van der Waals surface area contributed by atoms with E-state index in [-0.39, 0.29) is 31.2 Å². The number of aliphatic carboxylic acids is 1. The maximum absolute atomic E-state index is 12.2. The largest absolute Gasteiger partial charge is 0.480 e. The first-order valence-corrected chi connectivity index (χ1v) is 9.30. The summed E-state index contributed by atoms with van der Waals surface area (Å²) in [6.07, 6.45) is 3.94. The lowest BCUT2D eigenvalue weighted by Gasteiger charge is -2.37. The smallest absolute Gasteiger partial charge is 0.329 e. The molecule has 1 aromatic carbocycles. The van der Waals surface area contributed by atoms with Crippen LogP contribution in [0.3, 0.4) is 0 Å². The van der Waals surface area contributed by atoms with Crippen LogP contribution in [0.4, 0.5) is 0 Å². The van der Waals surface area contributed by atoms with Crippen molar-refractivity contribution in [2.24, 2.45) is 5.92 Å². The molecule has 0 unspecified atom stereocenters. The summed E-state index contributed by atoms with van der Waals surface area (Å²) in [6, 6.07) is 9.37. The van der Waals surface area contributed by atoms with Gasteiger partial charge in [0, 0.05) is 13.0 Å². The molecule has 0 atom stereocenters. The molecular weight excluding hydrogens is 332 g/mol. The molecule has 0 aliphatic heterocycles. The van der Waals surface area contributed by atoms with Gasteiger partial charge in [-0.3, -0.25) is 9.59 Å². The first kappa shape index (κ1) is 19.9. The third kappa shape index (κ3) is 5.58. The van der Waals surface area contributed by atoms with Crippen molar-refractivity contribution in [3.05, 3.63) is 35.9 Å². The Hall–Kier alpha value is -2.37. The average molecular weight is 360 g/mol. The van der Waals surface area contributed by atoms with Crippen molar-refractivity contribution in [1.82, 2.24) is 10.6 Å². The van der Waals surface area contributed by atoms with Gasteiger partial charge in [-0.2, -0.15) is 0 Å². The van der Waals surface area contributed by atoms with Gasteiger partial charge in [-0.1, -0.05) is 43.7 Å². The maximum atomic E-state index is 12.2. The summed E-state index contributed by atoms with van der Waals surface area (Å²) in [7, 11) is 0. The normalized spacial score (nSPS) is 22.4. The van der Waals surface area contributed by atoms with Crippen LogP contribution in [0.2, 0.25) is 0 Å². The summed E-state index contributed by atoms with van der Waals surface area (Å²) in [5.41, 5.74) is -0.247. The molecule has 2 rings (SSSR count). The second-order valence-corrected chi connectivity index (χ2v) is 7.05. The van der Waals surface area contributed by atoms with Gasteiger partial charge in [-0.25, -0.2) is 4.79 Å². The van der Waals surface area contributed by atoms with Crippen LogP contribution in [-0.4, -0.2) is 35.0 Å². The van der Waals surface area contributed by atoms with Crippen LogP contribution in [0.1, 0.15) is 51.0 Å². The Morgan fingerprint density at radius 3 is 2.35 bits per heavy atom. The van der Waals surface area contributed by atoms with Crippen LogP contribution in [0.5, 0.6) is 0 Å². The lowest BCUT2D eigenvalue weighted by Crippen LogP contribution is -2.56. The Morgan fingerprint density at radius 2 is 1.77 bits per heavy atom. The quantitative estimate of drug-likeness (QED) is 0.663. The fourth-order valence-corrected chi connectivity index (χ4v) is 3.46. The van der Waals surface area contributed by atoms with Gasteiger partial charge in [0.2, 0.25) is 11.8 Å². The molecule has 0 bridgehead atoms. The van der Waals surface area contributed by atoms with E-state index in [1.807, 2.05) is 30.3 Å². The molecule has 6 heteroatoms. The number of carbonyl (C=O) groups excluding carboxylic acids is 2. The fraction of sp³-hybridized carbons (Fsp3) is 0.550. The Labute approximate surface area is 154 Å². The average Bonchev–Trinajstić information content (AvgIpc) is 2.63. The van der Waals surface area contributed by atoms with Crippen molar-refractivity contribution < 1.29 is 19.5 Å². The minimum absolute atomic E-state index is 0.0762. The number of rotatable bonds is 8. The molecule has 1 aliphatic carbocycles. The highest BCUT2D eigenvalue weighted by Gasteiger charge is 2.42. The molecule has 1 saturated carbocycles. The zero-order chi connectivity index (χ0) is 19.0. The monoisotopic (exact) mass is 360 g/mol. The summed E-state index contributed by atoms with van der Waals surface area (Å²) in [4.78, 5) is 35.8. The van der Waals surface area contributed by atoms with Crippen molar-refractivity contribution in [3.63, 3.8) is 0 Å². The van der Waals surface area contributed by atoms with E-state index < -0.39 is 11.5 Å². The molecule has 1 aromatic rings. The van der Waals surface area contributed by atoms with Crippen LogP contribution in [0, 0.1) is 5.92 Å². The van der Waals surface area contributed by atoms with E-state index in [2.05, 4.69) is 17.6 Å². The third-order valence-corrected chi connectivity index (χ3v) is 5.21. The van der Waals surface area contributed by atoms with Crippen LogP contribution < -0.4 is 10.6 Å². The second-order valence-electron chi connectivity index (χ2n) is 7.05. The van der Waals surface area contributed by atoms with Crippen molar-refractivity contribution in [1.29, 1.82) is 0 Å². The first-order valence-electron chi connectivity index (χ1n) is 9.30. The van der Waals surface area contributed by atoms with Crippen LogP contribution in [0.25, 0.3) is 0 Å². The Kier molecular flexibility index (Phi) is 7.18. The van der Waals surface area contributed by atoms with Gasteiger partial charge in [0.05, 0.1) is 6.42 Å². The lowest BCUT2D eigenvalue weighted by atomic mass is 9.75. The summed E-state index contributed by atoms with van der Waals surface area (Å²) in [6.45, 7) is 2.31. The van der Waals surface area contributed by atoms with Gasteiger partial charge in [0.25, 0.3) is 0 Å². The van der Waals surface area contributed by atoms with Gasteiger partial charge < -0.3 is 15.7 Å². The van der Waals surface area contributed by atoms with Crippen molar-refractivity contribution >= 4 is 17.8 Å². The van der Waals surface area contributed by atoms with E-state index in [1.165, 1.54) is 0 Å². The number of amides is 2. The molecule has 2 amide bonds. The third-order valence-electron chi connectivity index (χ3n) is 5.21. The summed E-state index contributed by atoms with van der Waals surface area (Å²) in [5, 5.41) is 15.0. The van der Waals surface area contributed by atoms with Gasteiger partial charge in [0.1, 0.15) is 5.54 Å². The van der Waals surface area contributed by atoms with Gasteiger partial charge in [0.15, 0.2) is 0 Å². The predicted octanol–water partition coefficient (Wildman–Crippen LogP) is 2.28. The highest BCUT2D eigenvalue weighted by Crippen LogP contribution is 2.34.